The monoisotopic (exact) mass is 214 g/mol. The standard InChI is InChI=1S/C6H8N2O2S.C3H6/c7-5-1-3-6(4-2-5)11(8,9)10;1-2-3-1/h1-4H,7H2,(H2,8,9,10);1-3H2. The number of nitrogen functional groups attached to an aromatic ring is 1. The maximum atomic E-state index is 10.7. The van der Waals surface area contributed by atoms with E-state index in [4.69, 9.17) is 10.9 Å². The molecule has 5 heteroatoms. The molecule has 1 aliphatic carbocycles. The van der Waals surface area contributed by atoms with Gasteiger partial charge in [-0.15, -0.1) is 0 Å². The van der Waals surface area contributed by atoms with Gasteiger partial charge in [0.05, 0.1) is 4.90 Å². The van der Waals surface area contributed by atoms with E-state index >= 15 is 0 Å². The lowest BCUT2D eigenvalue weighted by molar-refractivity contribution is 0.598. The summed E-state index contributed by atoms with van der Waals surface area (Å²) in [7, 11) is -3.58. The van der Waals surface area contributed by atoms with E-state index in [2.05, 4.69) is 0 Å². The van der Waals surface area contributed by atoms with Crippen LogP contribution in [0.1, 0.15) is 19.3 Å². The summed E-state index contributed by atoms with van der Waals surface area (Å²) in [5, 5.41) is 4.84. The van der Waals surface area contributed by atoms with E-state index in [1.807, 2.05) is 0 Å². The van der Waals surface area contributed by atoms with Crippen LogP contribution in [0, 0.1) is 0 Å². The molecule has 0 radical (unpaired) electrons. The van der Waals surface area contributed by atoms with Gasteiger partial charge in [0.25, 0.3) is 0 Å². The van der Waals surface area contributed by atoms with Crippen molar-refractivity contribution in [2.24, 2.45) is 5.14 Å². The van der Waals surface area contributed by atoms with E-state index in [1.54, 1.807) is 0 Å². The topological polar surface area (TPSA) is 86.2 Å². The van der Waals surface area contributed by atoms with Crippen LogP contribution in [0.4, 0.5) is 5.69 Å². The normalized spacial score (nSPS) is 14.1. The largest absolute Gasteiger partial charge is 0.399 e. The highest BCUT2D eigenvalue weighted by atomic mass is 32.2. The minimum Gasteiger partial charge on any atom is -0.399 e. The van der Waals surface area contributed by atoms with Crippen LogP contribution >= 0.6 is 0 Å². The number of hydrogen-bond donors (Lipinski definition) is 2. The third-order valence-electron chi connectivity index (χ3n) is 1.56. The molecule has 0 amide bonds. The minimum atomic E-state index is -3.58. The van der Waals surface area contributed by atoms with E-state index in [0.717, 1.165) is 0 Å². The number of benzene rings is 1. The quantitative estimate of drug-likeness (QED) is 0.686. The van der Waals surface area contributed by atoms with Crippen molar-refractivity contribution in [1.29, 1.82) is 0 Å². The Morgan fingerprint density at radius 1 is 1.00 bits per heavy atom. The number of hydrogen-bond acceptors (Lipinski definition) is 3. The molecule has 1 aromatic rings. The zero-order valence-corrected chi connectivity index (χ0v) is 8.63. The van der Waals surface area contributed by atoms with Gasteiger partial charge in [-0.3, -0.25) is 0 Å². The number of rotatable bonds is 1. The number of anilines is 1. The zero-order chi connectivity index (χ0) is 10.6. The van der Waals surface area contributed by atoms with Crippen molar-refractivity contribution < 1.29 is 8.42 Å². The molecule has 0 aliphatic heterocycles. The molecular weight excluding hydrogens is 200 g/mol. The van der Waals surface area contributed by atoms with Gasteiger partial charge in [-0.25, -0.2) is 13.6 Å². The maximum Gasteiger partial charge on any atom is 0.238 e. The molecule has 2 rings (SSSR count). The van der Waals surface area contributed by atoms with Crippen LogP contribution in [-0.4, -0.2) is 8.42 Å². The third kappa shape index (κ3) is 4.25. The number of nitrogens with two attached hydrogens (primary N) is 2. The van der Waals surface area contributed by atoms with Crippen LogP contribution in [0.25, 0.3) is 0 Å². The second-order valence-corrected chi connectivity index (χ2v) is 4.74. The SMILES string of the molecule is C1CC1.Nc1ccc(S(N)(=O)=O)cc1. The van der Waals surface area contributed by atoms with Gasteiger partial charge in [-0.05, 0) is 24.3 Å². The Morgan fingerprint density at radius 2 is 1.43 bits per heavy atom. The summed E-state index contributed by atoms with van der Waals surface area (Å²) in [5.74, 6) is 0. The van der Waals surface area contributed by atoms with E-state index in [0.29, 0.717) is 5.69 Å². The lowest BCUT2D eigenvalue weighted by atomic mass is 10.3. The van der Waals surface area contributed by atoms with Crippen LogP contribution in [0.5, 0.6) is 0 Å². The van der Waals surface area contributed by atoms with Crippen molar-refractivity contribution in [3.63, 3.8) is 0 Å². The Labute approximate surface area is 84.0 Å². The Kier molecular flexibility index (Phi) is 3.49. The van der Waals surface area contributed by atoms with Crippen molar-refractivity contribution in [3.8, 4) is 0 Å². The minimum absolute atomic E-state index is 0.0756. The van der Waals surface area contributed by atoms with Crippen molar-refractivity contribution in [2.45, 2.75) is 24.2 Å². The molecular formula is C9H14N2O2S. The van der Waals surface area contributed by atoms with E-state index in [9.17, 15) is 8.42 Å². The molecule has 4 N–H and O–H groups in total. The highest BCUT2D eigenvalue weighted by Crippen LogP contribution is 2.14. The van der Waals surface area contributed by atoms with Gasteiger partial charge in [-0.2, -0.15) is 0 Å². The summed E-state index contributed by atoms with van der Waals surface area (Å²) in [6.07, 6.45) is 4.50. The average Bonchev–Trinajstić information content (AvgIpc) is 2.88. The molecule has 1 aromatic carbocycles. The summed E-state index contributed by atoms with van der Waals surface area (Å²) >= 11 is 0. The number of sulfonamides is 1. The average molecular weight is 214 g/mol. The Morgan fingerprint density at radius 3 is 1.71 bits per heavy atom. The molecule has 4 nitrogen and oxygen atoms in total. The fraction of sp³-hybridized carbons (Fsp3) is 0.333. The Bertz CT molecular complexity index is 379. The van der Waals surface area contributed by atoms with Crippen LogP contribution in [0.15, 0.2) is 29.2 Å². The molecule has 0 heterocycles. The second-order valence-electron chi connectivity index (χ2n) is 3.17. The molecule has 0 aromatic heterocycles. The fourth-order valence-corrected chi connectivity index (χ4v) is 1.17. The number of primary sulfonamides is 1. The third-order valence-corrected chi connectivity index (χ3v) is 2.49. The zero-order valence-electron chi connectivity index (χ0n) is 7.81. The first-order valence-corrected chi connectivity index (χ1v) is 5.93. The summed E-state index contributed by atoms with van der Waals surface area (Å²) in [5.41, 5.74) is 5.85. The van der Waals surface area contributed by atoms with Gasteiger partial charge < -0.3 is 5.73 Å². The van der Waals surface area contributed by atoms with Crippen molar-refractivity contribution >= 4 is 15.7 Å². The molecule has 1 fully saturated rings. The lowest BCUT2D eigenvalue weighted by Gasteiger charge is -1.96. The molecule has 0 unspecified atom stereocenters. The molecule has 78 valence electrons. The molecule has 0 saturated heterocycles. The van der Waals surface area contributed by atoms with E-state index < -0.39 is 10.0 Å². The molecule has 0 atom stereocenters. The second kappa shape index (κ2) is 4.43. The van der Waals surface area contributed by atoms with Crippen LogP contribution < -0.4 is 10.9 Å². The summed E-state index contributed by atoms with van der Waals surface area (Å²) < 4.78 is 21.4. The maximum absolute atomic E-state index is 10.7. The molecule has 0 bridgehead atoms. The molecule has 1 saturated carbocycles. The predicted octanol–water partition coefficient (Wildman–Crippen LogP) is 1.09. The molecule has 14 heavy (non-hydrogen) atoms. The van der Waals surface area contributed by atoms with Crippen LogP contribution in [0.2, 0.25) is 0 Å². The van der Waals surface area contributed by atoms with E-state index in [-0.39, 0.29) is 4.90 Å². The first-order chi connectivity index (χ1) is 6.50. The van der Waals surface area contributed by atoms with Gasteiger partial charge in [0.15, 0.2) is 0 Å². The van der Waals surface area contributed by atoms with Crippen molar-refractivity contribution in [3.05, 3.63) is 24.3 Å². The lowest BCUT2D eigenvalue weighted by Crippen LogP contribution is -2.11. The van der Waals surface area contributed by atoms with Crippen molar-refractivity contribution in [1.82, 2.24) is 0 Å². The fourth-order valence-electron chi connectivity index (χ4n) is 0.658. The van der Waals surface area contributed by atoms with Gasteiger partial charge >= 0.3 is 0 Å². The highest BCUT2D eigenvalue weighted by Gasteiger charge is 2.04. The smallest absolute Gasteiger partial charge is 0.238 e. The molecule has 0 spiro atoms. The first-order valence-electron chi connectivity index (χ1n) is 4.38. The highest BCUT2D eigenvalue weighted by molar-refractivity contribution is 7.89. The Hall–Kier alpha value is -1.07. The first kappa shape index (κ1) is 11.0. The summed E-state index contributed by atoms with van der Waals surface area (Å²) in [4.78, 5) is 0.0756. The Balaban J connectivity index is 0.000000276. The van der Waals surface area contributed by atoms with Crippen LogP contribution in [0.3, 0.4) is 0 Å². The van der Waals surface area contributed by atoms with Gasteiger partial charge in [0, 0.05) is 5.69 Å². The predicted molar refractivity (Wildman–Crippen MR) is 56.1 cm³/mol. The van der Waals surface area contributed by atoms with Gasteiger partial charge in [0.1, 0.15) is 0 Å². The van der Waals surface area contributed by atoms with Crippen molar-refractivity contribution in [2.75, 3.05) is 5.73 Å². The van der Waals surface area contributed by atoms with Crippen LogP contribution in [-0.2, 0) is 10.0 Å². The summed E-state index contributed by atoms with van der Waals surface area (Å²) in [6.45, 7) is 0. The summed E-state index contributed by atoms with van der Waals surface area (Å²) in [6, 6.07) is 5.70. The van der Waals surface area contributed by atoms with E-state index in [1.165, 1.54) is 43.5 Å². The molecule has 1 aliphatic rings. The van der Waals surface area contributed by atoms with Gasteiger partial charge in [-0.1, -0.05) is 19.3 Å². The van der Waals surface area contributed by atoms with Gasteiger partial charge in [0.2, 0.25) is 10.0 Å².